The van der Waals surface area contributed by atoms with Gasteiger partial charge in [-0.05, 0) is 19.1 Å². The van der Waals surface area contributed by atoms with Crippen molar-refractivity contribution in [1.29, 1.82) is 0 Å². The molecule has 6 heteroatoms. The topological polar surface area (TPSA) is 51.3 Å². The number of anilines is 1. The molecule has 21 heavy (non-hydrogen) atoms. The molecule has 5 nitrogen and oxygen atoms in total. The van der Waals surface area contributed by atoms with Crippen LogP contribution in [0.4, 0.5) is 5.69 Å². The fourth-order valence-corrected chi connectivity index (χ4v) is 3.21. The normalized spacial score (nSPS) is 17.9. The highest BCUT2D eigenvalue weighted by Gasteiger charge is 2.20. The standard InChI is InChI=1S/C15H18N4OS/c1-10-9-16-15(21-10)17-13-11(2)18(3)19(14(13)20)12-7-5-4-6-8-12/h4-8,10H,9H2,1-3H3,(H,16,17)/t10-/m1/s1. The first kappa shape index (κ1) is 14.0. The molecule has 1 atom stereocenters. The van der Waals surface area contributed by atoms with E-state index in [0.717, 1.165) is 23.1 Å². The van der Waals surface area contributed by atoms with Crippen molar-refractivity contribution >= 4 is 22.6 Å². The number of amidine groups is 1. The summed E-state index contributed by atoms with van der Waals surface area (Å²) in [5, 5.41) is 4.49. The van der Waals surface area contributed by atoms with E-state index in [-0.39, 0.29) is 5.56 Å². The molecular formula is C15H18N4OS. The molecule has 0 aliphatic carbocycles. The van der Waals surface area contributed by atoms with Gasteiger partial charge >= 0.3 is 0 Å². The highest BCUT2D eigenvalue weighted by molar-refractivity contribution is 8.15. The van der Waals surface area contributed by atoms with Crippen molar-refractivity contribution < 1.29 is 0 Å². The molecule has 2 heterocycles. The van der Waals surface area contributed by atoms with E-state index in [9.17, 15) is 4.79 Å². The minimum atomic E-state index is -0.0518. The second-order valence-electron chi connectivity index (χ2n) is 5.14. The van der Waals surface area contributed by atoms with E-state index in [1.165, 1.54) is 0 Å². The van der Waals surface area contributed by atoms with Gasteiger partial charge in [0, 0.05) is 12.3 Å². The summed E-state index contributed by atoms with van der Waals surface area (Å²) in [6.07, 6.45) is 0. The second kappa shape index (κ2) is 5.44. The minimum absolute atomic E-state index is 0.0518. The summed E-state index contributed by atoms with van der Waals surface area (Å²) in [7, 11) is 1.89. The summed E-state index contributed by atoms with van der Waals surface area (Å²) in [4.78, 5) is 17.1. The molecule has 0 spiro atoms. The van der Waals surface area contributed by atoms with Crippen LogP contribution in [0.25, 0.3) is 5.69 Å². The first-order chi connectivity index (χ1) is 10.1. The highest BCUT2D eigenvalue weighted by atomic mass is 32.2. The van der Waals surface area contributed by atoms with Gasteiger partial charge in [0.05, 0.1) is 17.9 Å². The second-order valence-corrected chi connectivity index (χ2v) is 6.56. The fourth-order valence-electron chi connectivity index (χ4n) is 2.36. The van der Waals surface area contributed by atoms with Crippen LogP contribution in [0.1, 0.15) is 12.6 Å². The Balaban J connectivity index is 2.02. The van der Waals surface area contributed by atoms with Gasteiger partial charge in [0.1, 0.15) is 5.69 Å². The van der Waals surface area contributed by atoms with E-state index in [0.29, 0.717) is 10.9 Å². The van der Waals surface area contributed by atoms with Gasteiger partial charge in [-0.2, -0.15) is 0 Å². The molecule has 0 amide bonds. The Morgan fingerprint density at radius 3 is 2.67 bits per heavy atom. The smallest absolute Gasteiger partial charge is 0.295 e. The van der Waals surface area contributed by atoms with Gasteiger partial charge in [-0.15, -0.1) is 0 Å². The van der Waals surface area contributed by atoms with Gasteiger partial charge in [-0.1, -0.05) is 36.9 Å². The molecule has 0 saturated heterocycles. The van der Waals surface area contributed by atoms with Crippen molar-refractivity contribution in [3.63, 3.8) is 0 Å². The zero-order chi connectivity index (χ0) is 15.0. The summed E-state index contributed by atoms with van der Waals surface area (Å²) < 4.78 is 3.53. The zero-order valence-electron chi connectivity index (χ0n) is 12.3. The molecule has 110 valence electrons. The van der Waals surface area contributed by atoms with Crippen LogP contribution in [0.5, 0.6) is 0 Å². The van der Waals surface area contributed by atoms with Gasteiger partial charge in [0.15, 0.2) is 5.17 Å². The number of hydrogen-bond donors (Lipinski definition) is 1. The molecule has 0 saturated carbocycles. The van der Waals surface area contributed by atoms with Crippen LogP contribution in [-0.2, 0) is 7.05 Å². The van der Waals surface area contributed by atoms with Crippen molar-refractivity contribution in [2.75, 3.05) is 11.9 Å². The van der Waals surface area contributed by atoms with E-state index in [1.807, 2.05) is 49.0 Å². The van der Waals surface area contributed by atoms with Gasteiger partial charge in [0.25, 0.3) is 5.56 Å². The Morgan fingerprint density at radius 1 is 1.33 bits per heavy atom. The van der Waals surface area contributed by atoms with Crippen LogP contribution in [0.2, 0.25) is 0 Å². The predicted octanol–water partition coefficient (Wildman–Crippen LogP) is 2.39. The highest BCUT2D eigenvalue weighted by Crippen LogP contribution is 2.22. The van der Waals surface area contributed by atoms with Crippen molar-refractivity contribution in [2.45, 2.75) is 19.1 Å². The average Bonchev–Trinajstić information content (AvgIpc) is 2.98. The maximum Gasteiger partial charge on any atom is 0.295 e. The molecule has 1 N–H and O–H groups in total. The summed E-state index contributed by atoms with van der Waals surface area (Å²) >= 11 is 1.67. The van der Waals surface area contributed by atoms with Crippen LogP contribution in [0.3, 0.4) is 0 Å². The van der Waals surface area contributed by atoms with Gasteiger partial charge in [0.2, 0.25) is 0 Å². The van der Waals surface area contributed by atoms with E-state index in [4.69, 9.17) is 0 Å². The summed E-state index contributed by atoms with van der Waals surface area (Å²) in [5.41, 5.74) is 2.30. The molecule has 2 aromatic rings. The minimum Gasteiger partial charge on any atom is -0.329 e. The number of nitrogens with zero attached hydrogens (tertiary/aromatic N) is 3. The number of aliphatic imine (C=N–C) groups is 1. The Labute approximate surface area is 127 Å². The Hall–Kier alpha value is -1.95. The lowest BCUT2D eigenvalue weighted by Crippen LogP contribution is -2.21. The van der Waals surface area contributed by atoms with Crippen LogP contribution >= 0.6 is 11.8 Å². The predicted molar refractivity (Wildman–Crippen MR) is 88.7 cm³/mol. The monoisotopic (exact) mass is 302 g/mol. The number of nitrogens with one attached hydrogen (secondary N) is 1. The number of para-hydroxylation sites is 1. The lowest BCUT2D eigenvalue weighted by atomic mass is 10.3. The van der Waals surface area contributed by atoms with Crippen LogP contribution in [-0.4, -0.2) is 26.3 Å². The SMILES string of the molecule is Cc1c(NC2=NC[C@@H](C)S2)c(=O)n(-c2ccccc2)n1C. The lowest BCUT2D eigenvalue weighted by Gasteiger charge is -2.07. The first-order valence-electron chi connectivity index (χ1n) is 6.90. The first-order valence-corrected chi connectivity index (χ1v) is 7.78. The quantitative estimate of drug-likeness (QED) is 0.926. The zero-order valence-corrected chi connectivity index (χ0v) is 13.1. The number of hydrogen-bond acceptors (Lipinski definition) is 4. The van der Waals surface area contributed by atoms with Crippen LogP contribution < -0.4 is 10.9 Å². The van der Waals surface area contributed by atoms with E-state index in [2.05, 4.69) is 17.2 Å². The molecule has 3 rings (SSSR count). The van der Waals surface area contributed by atoms with E-state index >= 15 is 0 Å². The Morgan fingerprint density at radius 2 is 2.05 bits per heavy atom. The molecular weight excluding hydrogens is 284 g/mol. The largest absolute Gasteiger partial charge is 0.329 e. The molecule has 0 bridgehead atoms. The third-order valence-corrected chi connectivity index (χ3v) is 4.60. The molecule has 1 aliphatic heterocycles. The van der Waals surface area contributed by atoms with Crippen molar-refractivity contribution in [2.24, 2.45) is 12.0 Å². The van der Waals surface area contributed by atoms with Crippen LogP contribution in [0.15, 0.2) is 40.1 Å². The van der Waals surface area contributed by atoms with Gasteiger partial charge < -0.3 is 5.32 Å². The average molecular weight is 302 g/mol. The lowest BCUT2D eigenvalue weighted by molar-refractivity contribution is 0.630. The summed E-state index contributed by atoms with van der Waals surface area (Å²) in [6.45, 7) is 4.86. The Kier molecular flexibility index (Phi) is 3.63. The molecule has 1 aromatic heterocycles. The van der Waals surface area contributed by atoms with Crippen LogP contribution in [0, 0.1) is 6.92 Å². The van der Waals surface area contributed by atoms with E-state index in [1.54, 1.807) is 16.4 Å². The summed E-state index contributed by atoms with van der Waals surface area (Å²) in [5.74, 6) is 0. The third kappa shape index (κ3) is 2.51. The number of aromatic nitrogens is 2. The number of thioether (sulfide) groups is 1. The van der Waals surface area contributed by atoms with Gasteiger partial charge in [-0.25, -0.2) is 4.68 Å². The number of rotatable bonds is 2. The molecule has 0 radical (unpaired) electrons. The Bertz CT molecular complexity index is 745. The molecule has 0 fully saturated rings. The molecule has 0 unspecified atom stereocenters. The maximum atomic E-state index is 12.7. The van der Waals surface area contributed by atoms with Crippen molar-refractivity contribution in [3.05, 3.63) is 46.4 Å². The number of benzene rings is 1. The van der Waals surface area contributed by atoms with Crippen molar-refractivity contribution in [3.8, 4) is 5.69 Å². The van der Waals surface area contributed by atoms with Crippen molar-refractivity contribution in [1.82, 2.24) is 9.36 Å². The maximum absolute atomic E-state index is 12.7. The molecule has 1 aliphatic rings. The molecule has 1 aromatic carbocycles. The fraction of sp³-hybridized carbons (Fsp3) is 0.333. The van der Waals surface area contributed by atoms with E-state index < -0.39 is 0 Å². The summed E-state index contributed by atoms with van der Waals surface area (Å²) in [6, 6.07) is 9.64. The third-order valence-electron chi connectivity index (χ3n) is 3.59. The van der Waals surface area contributed by atoms with Gasteiger partial charge in [-0.3, -0.25) is 14.5 Å².